The SMILES string of the molecule is COc1ccc(NC(=O)c2cc(N)nc(Cl)c2)cn1. The summed E-state index contributed by atoms with van der Waals surface area (Å²) in [5, 5.41) is 2.83. The van der Waals surface area contributed by atoms with Crippen molar-refractivity contribution in [1.29, 1.82) is 0 Å². The molecule has 0 atom stereocenters. The lowest BCUT2D eigenvalue weighted by atomic mass is 10.2. The largest absolute Gasteiger partial charge is 0.481 e. The summed E-state index contributed by atoms with van der Waals surface area (Å²) in [4.78, 5) is 19.7. The Morgan fingerprint density at radius 2 is 2.21 bits per heavy atom. The summed E-state index contributed by atoms with van der Waals surface area (Å²) in [6.45, 7) is 0. The molecular weight excluding hydrogens is 268 g/mol. The summed E-state index contributed by atoms with van der Waals surface area (Å²) in [7, 11) is 1.52. The average Bonchev–Trinajstić information content (AvgIpc) is 2.38. The van der Waals surface area contributed by atoms with Crippen molar-refractivity contribution in [2.24, 2.45) is 0 Å². The number of carbonyl (C=O) groups excluding carboxylic acids is 1. The Kier molecular flexibility index (Phi) is 3.82. The minimum atomic E-state index is -0.344. The number of carbonyl (C=O) groups is 1. The number of methoxy groups -OCH3 is 1. The Morgan fingerprint density at radius 3 is 2.79 bits per heavy atom. The fraction of sp³-hybridized carbons (Fsp3) is 0.0833. The van der Waals surface area contributed by atoms with Crippen LogP contribution in [0.5, 0.6) is 5.88 Å². The Morgan fingerprint density at radius 1 is 1.42 bits per heavy atom. The minimum absolute atomic E-state index is 0.165. The molecule has 19 heavy (non-hydrogen) atoms. The quantitative estimate of drug-likeness (QED) is 0.838. The van der Waals surface area contributed by atoms with Gasteiger partial charge in [-0.3, -0.25) is 4.79 Å². The molecule has 0 aromatic carbocycles. The molecule has 2 rings (SSSR count). The number of amides is 1. The number of pyridine rings is 2. The lowest BCUT2D eigenvalue weighted by Crippen LogP contribution is -2.13. The van der Waals surface area contributed by atoms with Gasteiger partial charge in [0.25, 0.3) is 5.91 Å². The number of rotatable bonds is 3. The molecule has 0 saturated heterocycles. The van der Waals surface area contributed by atoms with Crippen LogP contribution in [0.3, 0.4) is 0 Å². The van der Waals surface area contributed by atoms with E-state index in [4.69, 9.17) is 22.1 Å². The predicted molar refractivity (Wildman–Crippen MR) is 72.4 cm³/mol. The fourth-order valence-corrected chi connectivity index (χ4v) is 1.64. The molecule has 1 amide bonds. The molecule has 0 aliphatic carbocycles. The number of ether oxygens (including phenoxy) is 1. The highest BCUT2D eigenvalue weighted by atomic mass is 35.5. The summed E-state index contributed by atoms with van der Waals surface area (Å²) in [5.74, 6) is 0.308. The highest BCUT2D eigenvalue weighted by molar-refractivity contribution is 6.30. The molecule has 98 valence electrons. The van der Waals surface area contributed by atoms with Gasteiger partial charge in [-0.05, 0) is 18.2 Å². The van der Waals surface area contributed by atoms with Crippen LogP contribution in [0.4, 0.5) is 11.5 Å². The van der Waals surface area contributed by atoms with E-state index in [-0.39, 0.29) is 16.9 Å². The van der Waals surface area contributed by atoms with E-state index in [0.717, 1.165) is 0 Å². The van der Waals surface area contributed by atoms with E-state index in [1.165, 1.54) is 25.4 Å². The molecule has 0 aliphatic rings. The number of nitrogens with zero attached hydrogens (tertiary/aromatic N) is 2. The van der Waals surface area contributed by atoms with Crippen molar-refractivity contribution in [3.63, 3.8) is 0 Å². The maximum atomic E-state index is 12.0. The van der Waals surface area contributed by atoms with Crippen LogP contribution in [0.15, 0.2) is 30.5 Å². The van der Waals surface area contributed by atoms with Gasteiger partial charge in [0.2, 0.25) is 5.88 Å². The zero-order valence-electron chi connectivity index (χ0n) is 10.1. The lowest BCUT2D eigenvalue weighted by molar-refractivity contribution is 0.102. The monoisotopic (exact) mass is 278 g/mol. The van der Waals surface area contributed by atoms with Crippen molar-refractivity contribution in [3.8, 4) is 5.88 Å². The van der Waals surface area contributed by atoms with Gasteiger partial charge in [-0.1, -0.05) is 11.6 Å². The number of halogens is 1. The summed E-state index contributed by atoms with van der Waals surface area (Å²) >= 11 is 5.74. The molecule has 0 saturated carbocycles. The van der Waals surface area contributed by atoms with Crippen LogP contribution in [0.2, 0.25) is 5.15 Å². The summed E-state index contributed by atoms with van der Waals surface area (Å²) < 4.78 is 4.92. The van der Waals surface area contributed by atoms with Gasteiger partial charge >= 0.3 is 0 Å². The number of nitrogens with two attached hydrogens (primary N) is 1. The van der Waals surface area contributed by atoms with Crippen molar-refractivity contribution in [2.75, 3.05) is 18.2 Å². The lowest BCUT2D eigenvalue weighted by Gasteiger charge is -2.06. The molecule has 0 fully saturated rings. The minimum Gasteiger partial charge on any atom is -0.481 e. The molecule has 3 N–H and O–H groups in total. The zero-order chi connectivity index (χ0) is 13.8. The first kappa shape index (κ1) is 13.1. The highest BCUT2D eigenvalue weighted by Crippen LogP contribution is 2.15. The number of aromatic nitrogens is 2. The van der Waals surface area contributed by atoms with Gasteiger partial charge in [0.1, 0.15) is 11.0 Å². The van der Waals surface area contributed by atoms with Gasteiger partial charge in [0.05, 0.1) is 19.0 Å². The van der Waals surface area contributed by atoms with E-state index >= 15 is 0 Å². The van der Waals surface area contributed by atoms with Crippen molar-refractivity contribution in [1.82, 2.24) is 9.97 Å². The van der Waals surface area contributed by atoms with Crippen LogP contribution >= 0.6 is 11.6 Å². The summed E-state index contributed by atoms with van der Waals surface area (Å²) in [5.41, 5.74) is 6.39. The number of nitrogens with one attached hydrogen (secondary N) is 1. The smallest absolute Gasteiger partial charge is 0.255 e. The van der Waals surface area contributed by atoms with Crippen LogP contribution in [-0.4, -0.2) is 23.0 Å². The molecule has 2 aromatic rings. The first-order valence-electron chi connectivity index (χ1n) is 5.33. The van der Waals surface area contributed by atoms with Gasteiger partial charge in [-0.15, -0.1) is 0 Å². The standard InChI is InChI=1S/C12H11ClN4O2/c1-19-11-3-2-8(6-15-11)16-12(18)7-4-9(13)17-10(14)5-7/h2-6H,1H3,(H2,14,17)(H,16,18). The van der Waals surface area contributed by atoms with Gasteiger partial charge in [-0.2, -0.15) is 0 Å². The normalized spacial score (nSPS) is 10.0. The van der Waals surface area contributed by atoms with Crippen LogP contribution < -0.4 is 15.8 Å². The van der Waals surface area contributed by atoms with Crippen LogP contribution in [0.1, 0.15) is 10.4 Å². The van der Waals surface area contributed by atoms with Gasteiger partial charge < -0.3 is 15.8 Å². The van der Waals surface area contributed by atoms with Crippen molar-refractivity contribution in [2.45, 2.75) is 0 Å². The zero-order valence-corrected chi connectivity index (χ0v) is 10.8. The molecule has 0 bridgehead atoms. The molecule has 0 spiro atoms. The number of nitrogen functional groups attached to an aromatic ring is 1. The van der Waals surface area contributed by atoms with Crippen molar-refractivity contribution >= 4 is 29.0 Å². The van der Waals surface area contributed by atoms with Gasteiger partial charge in [0.15, 0.2) is 0 Å². The third-order valence-corrected chi connectivity index (χ3v) is 2.47. The molecule has 0 aliphatic heterocycles. The van der Waals surface area contributed by atoms with E-state index in [1.807, 2.05) is 0 Å². The van der Waals surface area contributed by atoms with Crippen LogP contribution in [0, 0.1) is 0 Å². The predicted octanol–water partition coefficient (Wildman–Crippen LogP) is 1.97. The Hall–Kier alpha value is -2.34. The topological polar surface area (TPSA) is 90.1 Å². The Labute approximate surface area is 114 Å². The third-order valence-electron chi connectivity index (χ3n) is 2.28. The first-order chi connectivity index (χ1) is 9.08. The van der Waals surface area contributed by atoms with Crippen molar-refractivity contribution < 1.29 is 9.53 Å². The fourth-order valence-electron chi connectivity index (χ4n) is 1.43. The number of hydrogen-bond donors (Lipinski definition) is 2. The molecule has 0 unspecified atom stereocenters. The second-order valence-electron chi connectivity index (χ2n) is 3.65. The molecule has 6 nitrogen and oxygen atoms in total. The highest BCUT2D eigenvalue weighted by Gasteiger charge is 2.09. The second kappa shape index (κ2) is 5.53. The Balaban J connectivity index is 2.15. The molecular formula is C12H11ClN4O2. The van der Waals surface area contributed by atoms with Crippen LogP contribution in [-0.2, 0) is 0 Å². The molecule has 7 heteroatoms. The summed E-state index contributed by atoms with van der Waals surface area (Å²) in [6.07, 6.45) is 1.49. The van der Waals surface area contributed by atoms with E-state index in [9.17, 15) is 4.79 Å². The van der Waals surface area contributed by atoms with Crippen LogP contribution in [0.25, 0.3) is 0 Å². The second-order valence-corrected chi connectivity index (χ2v) is 4.03. The molecule has 2 heterocycles. The summed E-state index contributed by atoms with van der Waals surface area (Å²) in [6, 6.07) is 6.20. The number of hydrogen-bond acceptors (Lipinski definition) is 5. The van der Waals surface area contributed by atoms with Gasteiger partial charge in [0, 0.05) is 11.6 Å². The van der Waals surface area contributed by atoms with Crippen molar-refractivity contribution in [3.05, 3.63) is 41.2 Å². The van der Waals surface area contributed by atoms with Gasteiger partial charge in [-0.25, -0.2) is 9.97 Å². The maximum Gasteiger partial charge on any atom is 0.255 e. The van der Waals surface area contributed by atoms with E-state index in [2.05, 4.69) is 15.3 Å². The molecule has 2 aromatic heterocycles. The Bertz CT molecular complexity index is 581. The number of anilines is 2. The average molecular weight is 279 g/mol. The van der Waals surface area contributed by atoms with E-state index in [1.54, 1.807) is 12.1 Å². The molecule has 0 radical (unpaired) electrons. The van der Waals surface area contributed by atoms with E-state index in [0.29, 0.717) is 17.1 Å². The third kappa shape index (κ3) is 3.32. The maximum absolute atomic E-state index is 12.0. The first-order valence-corrected chi connectivity index (χ1v) is 5.71. The van der Waals surface area contributed by atoms with E-state index < -0.39 is 0 Å².